The van der Waals surface area contributed by atoms with Gasteiger partial charge in [0.05, 0.1) is 4.90 Å². The van der Waals surface area contributed by atoms with Crippen LogP contribution in [0.3, 0.4) is 0 Å². The fourth-order valence-electron chi connectivity index (χ4n) is 3.68. The molecule has 1 aliphatic heterocycles. The summed E-state index contributed by atoms with van der Waals surface area (Å²) in [7, 11) is -3.99. The summed E-state index contributed by atoms with van der Waals surface area (Å²) >= 11 is 6.11. The Hall–Kier alpha value is -2.14. The molecule has 1 atom stereocenters. The lowest BCUT2D eigenvalue weighted by molar-refractivity contribution is -0.134. The largest absolute Gasteiger partial charge is 0.341 e. The van der Waals surface area contributed by atoms with Crippen molar-refractivity contribution in [2.75, 3.05) is 18.6 Å². The number of anilines is 1. The zero-order valence-electron chi connectivity index (χ0n) is 17.6. The molecule has 2 aromatic rings. The zero-order valence-corrected chi connectivity index (χ0v) is 19.2. The first kappa shape index (κ1) is 23.5. The van der Waals surface area contributed by atoms with E-state index in [1.807, 2.05) is 5.48 Å². The van der Waals surface area contributed by atoms with E-state index < -0.39 is 16.1 Å². The van der Waals surface area contributed by atoms with Crippen LogP contribution in [-0.2, 0) is 21.4 Å². The van der Waals surface area contributed by atoms with Gasteiger partial charge >= 0.3 is 0 Å². The van der Waals surface area contributed by atoms with Crippen LogP contribution in [0.25, 0.3) is 0 Å². The van der Waals surface area contributed by atoms with E-state index in [4.69, 9.17) is 16.8 Å². The maximum atomic E-state index is 13.3. The van der Waals surface area contributed by atoms with Crippen LogP contribution >= 0.6 is 11.6 Å². The van der Waals surface area contributed by atoms with E-state index in [9.17, 15) is 13.2 Å². The van der Waals surface area contributed by atoms with Crippen LogP contribution in [0, 0.1) is 12.8 Å². The molecule has 9 nitrogen and oxygen atoms in total. The van der Waals surface area contributed by atoms with Gasteiger partial charge in [-0.2, -0.15) is 4.72 Å². The van der Waals surface area contributed by atoms with E-state index in [0.717, 1.165) is 12.8 Å². The third kappa shape index (κ3) is 5.57. The van der Waals surface area contributed by atoms with Crippen LogP contribution in [0.5, 0.6) is 0 Å². The van der Waals surface area contributed by atoms with Crippen molar-refractivity contribution in [3.8, 4) is 0 Å². The number of rotatable bonds is 8. The van der Waals surface area contributed by atoms with Crippen molar-refractivity contribution in [2.45, 2.75) is 50.6 Å². The van der Waals surface area contributed by atoms with Crippen molar-refractivity contribution in [1.29, 1.82) is 0 Å². The molecule has 0 bridgehead atoms. The lowest BCUT2D eigenvalue weighted by Gasteiger charge is -2.33. The van der Waals surface area contributed by atoms with Crippen molar-refractivity contribution in [2.24, 2.45) is 5.92 Å². The number of carbonyl (C=O) groups excluding carboxylic acids is 1. The molecule has 1 aromatic carbocycles. The van der Waals surface area contributed by atoms with Crippen LogP contribution in [0.2, 0.25) is 5.02 Å². The van der Waals surface area contributed by atoms with Gasteiger partial charge in [0, 0.05) is 37.1 Å². The normalized spacial score (nSPS) is 16.3. The molecule has 3 N–H and O–H groups in total. The number of sulfonamides is 1. The summed E-state index contributed by atoms with van der Waals surface area (Å²) < 4.78 is 30.5. The smallest absolute Gasteiger partial charge is 0.241 e. The minimum Gasteiger partial charge on any atom is -0.341 e. The number of aromatic nitrogens is 2. The van der Waals surface area contributed by atoms with Crippen LogP contribution < -0.4 is 10.2 Å². The molecule has 1 amide bonds. The Morgan fingerprint density at radius 3 is 2.74 bits per heavy atom. The Balaban J connectivity index is 1.83. The number of imidazole rings is 1. The Bertz CT molecular complexity index is 1020. The van der Waals surface area contributed by atoms with Gasteiger partial charge in [-0.1, -0.05) is 24.6 Å². The van der Waals surface area contributed by atoms with Gasteiger partial charge in [-0.25, -0.2) is 18.9 Å². The summed E-state index contributed by atoms with van der Waals surface area (Å²) in [6.07, 6.45) is 5.10. The van der Waals surface area contributed by atoms with Crippen LogP contribution in [0.15, 0.2) is 35.5 Å². The molecule has 1 aliphatic rings. The number of likely N-dealkylation sites (tertiary alicyclic amines) is 1. The van der Waals surface area contributed by atoms with Crippen LogP contribution in [0.1, 0.15) is 31.7 Å². The predicted molar refractivity (Wildman–Crippen MR) is 118 cm³/mol. The fraction of sp³-hybridized carbons (Fsp3) is 0.500. The molecular weight excluding hydrogens is 442 g/mol. The topological polar surface area (TPSA) is 117 Å². The molecule has 1 saturated heterocycles. The second-order valence-electron chi connectivity index (χ2n) is 7.89. The van der Waals surface area contributed by atoms with Crippen molar-refractivity contribution in [3.63, 3.8) is 0 Å². The first-order valence-corrected chi connectivity index (χ1v) is 12.1. The van der Waals surface area contributed by atoms with E-state index in [2.05, 4.69) is 16.6 Å². The summed E-state index contributed by atoms with van der Waals surface area (Å²) in [5.74, 6) is 0.498. The van der Waals surface area contributed by atoms with Crippen molar-refractivity contribution in [1.82, 2.24) is 19.2 Å². The molecule has 0 aliphatic carbocycles. The maximum Gasteiger partial charge on any atom is 0.241 e. The highest BCUT2D eigenvalue weighted by Crippen LogP contribution is 2.24. The van der Waals surface area contributed by atoms with E-state index in [-0.39, 0.29) is 29.7 Å². The molecule has 1 unspecified atom stereocenters. The van der Waals surface area contributed by atoms with Crippen molar-refractivity contribution >= 4 is 33.5 Å². The van der Waals surface area contributed by atoms with E-state index in [0.29, 0.717) is 29.6 Å². The molecule has 1 fully saturated rings. The number of hydrogen-bond donors (Lipinski definition) is 3. The second kappa shape index (κ2) is 9.99. The lowest BCUT2D eigenvalue weighted by Crippen LogP contribution is -2.51. The summed E-state index contributed by atoms with van der Waals surface area (Å²) in [5.41, 5.74) is 2.41. The Morgan fingerprint density at radius 1 is 1.35 bits per heavy atom. The minimum atomic E-state index is -3.99. The van der Waals surface area contributed by atoms with E-state index in [1.165, 1.54) is 12.3 Å². The summed E-state index contributed by atoms with van der Waals surface area (Å²) in [6.45, 7) is 5.25. The average molecular weight is 470 g/mol. The van der Waals surface area contributed by atoms with Crippen LogP contribution in [0.4, 0.5) is 5.95 Å². The number of amides is 1. The third-order valence-electron chi connectivity index (χ3n) is 5.67. The number of benzene rings is 1. The van der Waals surface area contributed by atoms with Crippen molar-refractivity contribution < 1.29 is 18.4 Å². The van der Waals surface area contributed by atoms with E-state index >= 15 is 0 Å². The van der Waals surface area contributed by atoms with E-state index in [1.54, 1.807) is 34.7 Å². The molecule has 11 heteroatoms. The van der Waals surface area contributed by atoms with Gasteiger partial charge in [0.25, 0.3) is 0 Å². The highest BCUT2D eigenvalue weighted by Gasteiger charge is 2.31. The molecule has 2 heterocycles. The van der Waals surface area contributed by atoms with Gasteiger partial charge < -0.3 is 9.47 Å². The molecule has 170 valence electrons. The SMILES string of the molecule is Cc1c(Cl)cccc1S(=O)(=O)NC(CCn1ccnc1NO)C(=O)N1CCC(C)CC1. The summed E-state index contributed by atoms with van der Waals surface area (Å²) in [5, 5.41) is 9.51. The van der Waals surface area contributed by atoms with Gasteiger partial charge in [0.1, 0.15) is 6.04 Å². The number of aryl methyl sites for hydroxylation is 1. The quantitative estimate of drug-likeness (QED) is 0.512. The first-order valence-electron chi connectivity index (χ1n) is 10.2. The standard InChI is InChI=1S/C20H28ClN5O4S/c1-14-6-10-25(11-7-14)19(27)17(8-12-26-13-9-22-20(26)23-28)24-31(29,30)18-5-3-4-16(21)15(18)2/h3-5,9,13-14,17,24,28H,6-8,10-12H2,1-2H3,(H,22,23). The number of nitrogens with one attached hydrogen (secondary N) is 2. The van der Waals surface area contributed by atoms with Crippen molar-refractivity contribution in [3.05, 3.63) is 41.2 Å². The monoisotopic (exact) mass is 469 g/mol. The van der Waals surface area contributed by atoms with Gasteiger partial charge in [-0.05, 0) is 49.8 Å². The highest BCUT2D eigenvalue weighted by atomic mass is 35.5. The lowest BCUT2D eigenvalue weighted by atomic mass is 9.98. The number of halogens is 1. The predicted octanol–water partition coefficient (Wildman–Crippen LogP) is 2.64. The van der Waals surface area contributed by atoms with Gasteiger partial charge in [0.2, 0.25) is 21.9 Å². The molecule has 31 heavy (non-hydrogen) atoms. The van der Waals surface area contributed by atoms with Gasteiger partial charge in [-0.3, -0.25) is 10.0 Å². The number of piperidine rings is 1. The number of nitrogens with zero attached hydrogens (tertiary/aromatic N) is 3. The Kier molecular flexibility index (Phi) is 7.58. The zero-order chi connectivity index (χ0) is 22.6. The fourth-order valence-corrected chi connectivity index (χ4v) is 5.40. The Morgan fingerprint density at radius 2 is 2.06 bits per heavy atom. The van der Waals surface area contributed by atoms with Crippen LogP contribution in [-0.4, -0.2) is 53.1 Å². The molecule has 0 radical (unpaired) electrons. The summed E-state index contributed by atoms with van der Waals surface area (Å²) in [6, 6.07) is 3.69. The highest BCUT2D eigenvalue weighted by molar-refractivity contribution is 7.89. The van der Waals surface area contributed by atoms with Gasteiger partial charge in [-0.15, -0.1) is 0 Å². The maximum absolute atomic E-state index is 13.3. The second-order valence-corrected chi connectivity index (χ2v) is 9.98. The Labute approximate surface area is 187 Å². The average Bonchev–Trinajstić information content (AvgIpc) is 3.20. The molecular formula is C20H28ClN5O4S. The molecule has 3 rings (SSSR count). The molecule has 1 aromatic heterocycles. The summed E-state index contributed by atoms with van der Waals surface area (Å²) in [4.78, 5) is 19.0. The minimum absolute atomic E-state index is 0.0467. The van der Waals surface area contributed by atoms with Gasteiger partial charge in [0.15, 0.2) is 0 Å². The third-order valence-corrected chi connectivity index (χ3v) is 7.70. The number of carbonyl (C=O) groups is 1. The molecule has 0 spiro atoms. The number of hydrogen-bond acceptors (Lipinski definition) is 6. The first-order chi connectivity index (χ1) is 14.7. The molecule has 0 saturated carbocycles.